The predicted molar refractivity (Wildman–Crippen MR) is 121 cm³/mol. The summed E-state index contributed by atoms with van der Waals surface area (Å²) in [6.07, 6.45) is -4.85. The second kappa shape index (κ2) is 8.44. The van der Waals surface area contributed by atoms with Crippen molar-refractivity contribution in [3.05, 3.63) is 74.3 Å². The van der Waals surface area contributed by atoms with Crippen LogP contribution in [0.15, 0.2) is 46.9 Å². The number of carbonyl (C=O) groups is 1. The Morgan fingerprint density at radius 1 is 1.19 bits per heavy atom. The van der Waals surface area contributed by atoms with E-state index in [1.807, 2.05) is 19.9 Å². The lowest BCUT2D eigenvalue weighted by Crippen LogP contribution is -2.35. The molecule has 2 heterocycles. The van der Waals surface area contributed by atoms with Crippen molar-refractivity contribution in [1.82, 2.24) is 9.78 Å². The molecule has 0 saturated heterocycles. The molecule has 5 nitrogen and oxygen atoms in total. The molecule has 1 aliphatic rings. The first-order chi connectivity index (χ1) is 15.0. The van der Waals surface area contributed by atoms with Gasteiger partial charge in [0.1, 0.15) is 10.8 Å². The molecule has 3 aromatic rings. The number of rotatable bonds is 3. The molecule has 0 aliphatic carbocycles. The predicted octanol–water partition coefficient (Wildman–Crippen LogP) is 6.83. The van der Waals surface area contributed by atoms with Crippen molar-refractivity contribution in [2.75, 3.05) is 10.6 Å². The zero-order valence-corrected chi connectivity index (χ0v) is 19.4. The van der Waals surface area contributed by atoms with Gasteiger partial charge in [0.2, 0.25) is 0 Å². The number of amides is 1. The fourth-order valence-electron chi connectivity index (χ4n) is 3.66. The summed E-state index contributed by atoms with van der Waals surface area (Å²) >= 11 is 9.70. The molecular weight excluding hydrogens is 509 g/mol. The van der Waals surface area contributed by atoms with Crippen LogP contribution in [0.1, 0.15) is 45.7 Å². The Morgan fingerprint density at radius 3 is 2.50 bits per heavy atom. The number of hydrogen-bond acceptors (Lipinski definition) is 3. The number of alkyl halides is 3. The van der Waals surface area contributed by atoms with Crippen LogP contribution in [0.5, 0.6) is 0 Å². The van der Waals surface area contributed by atoms with Gasteiger partial charge < -0.3 is 10.6 Å². The first-order valence-corrected chi connectivity index (χ1v) is 11.0. The third-order valence-corrected chi connectivity index (χ3v) is 6.43. The summed E-state index contributed by atoms with van der Waals surface area (Å²) in [5.74, 6) is -0.707. The summed E-state index contributed by atoms with van der Waals surface area (Å²) < 4.78 is 43.3. The number of halogens is 5. The molecule has 168 valence electrons. The van der Waals surface area contributed by atoms with E-state index in [0.717, 1.165) is 20.3 Å². The van der Waals surface area contributed by atoms with Crippen molar-refractivity contribution in [3.8, 4) is 0 Å². The lowest BCUT2D eigenvalue weighted by atomic mass is 9.97. The molecule has 0 radical (unpaired) electrons. The summed E-state index contributed by atoms with van der Waals surface area (Å²) in [5, 5.41) is 9.51. The van der Waals surface area contributed by atoms with Gasteiger partial charge in [-0.3, -0.25) is 4.79 Å². The molecule has 2 aromatic carbocycles. The highest BCUT2D eigenvalue weighted by atomic mass is 79.9. The molecule has 1 amide bonds. The molecule has 2 N–H and O–H groups in total. The number of anilines is 2. The van der Waals surface area contributed by atoms with Crippen molar-refractivity contribution in [2.24, 2.45) is 0 Å². The molecule has 0 saturated carbocycles. The first kappa shape index (κ1) is 22.7. The minimum absolute atomic E-state index is 0.0293. The van der Waals surface area contributed by atoms with Gasteiger partial charge in [0, 0.05) is 16.6 Å². The minimum Gasteiger partial charge on any atom is -0.362 e. The van der Waals surface area contributed by atoms with Crippen LogP contribution in [-0.4, -0.2) is 21.9 Å². The first-order valence-electron chi connectivity index (χ1n) is 9.80. The number of hydrogen-bond donors (Lipinski definition) is 2. The Hall–Kier alpha value is -2.52. The maximum atomic E-state index is 13.9. The van der Waals surface area contributed by atoms with Crippen molar-refractivity contribution >= 4 is 44.9 Å². The number of carbonyl (C=O) groups excluding carboxylic acids is 1. The van der Waals surface area contributed by atoms with E-state index in [1.165, 1.54) is 0 Å². The van der Waals surface area contributed by atoms with Crippen LogP contribution >= 0.6 is 27.5 Å². The molecule has 10 heteroatoms. The number of aromatic nitrogens is 2. The molecule has 0 spiro atoms. The lowest BCUT2D eigenvalue weighted by molar-refractivity contribution is -0.173. The van der Waals surface area contributed by atoms with E-state index in [9.17, 15) is 18.0 Å². The number of aryl methyl sites for hydroxylation is 2. The Kier molecular flexibility index (Phi) is 5.98. The monoisotopic (exact) mass is 526 g/mol. The largest absolute Gasteiger partial charge is 0.410 e. The van der Waals surface area contributed by atoms with Crippen molar-refractivity contribution < 1.29 is 18.0 Å². The number of nitrogens with one attached hydrogen (secondary N) is 2. The normalized spacial score (nSPS) is 18.1. The third-order valence-electron chi connectivity index (χ3n) is 5.55. The summed E-state index contributed by atoms with van der Waals surface area (Å²) in [4.78, 5) is 12.8. The van der Waals surface area contributed by atoms with Crippen LogP contribution in [0.3, 0.4) is 0 Å². The van der Waals surface area contributed by atoms with E-state index in [-0.39, 0.29) is 23.0 Å². The maximum Gasteiger partial charge on any atom is 0.410 e. The van der Waals surface area contributed by atoms with Gasteiger partial charge in [-0.15, -0.1) is 0 Å². The summed E-state index contributed by atoms with van der Waals surface area (Å²) in [5.41, 5.74) is 2.93. The van der Waals surface area contributed by atoms with Gasteiger partial charge in [-0.1, -0.05) is 45.7 Å². The van der Waals surface area contributed by atoms with E-state index in [0.29, 0.717) is 11.3 Å². The SMILES string of the molecule is Cc1ccc(NC(=O)c2nn3c(c2Cl)N[C@@H](c2ccc(Br)cc2)C[C@H]3C(F)(F)F)cc1C. The zero-order valence-electron chi connectivity index (χ0n) is 17.1. The Morgan fingerprint density at radius 2 is 1.88 bits per heavy atom. The van der Waals surface area contributed by atoms with E-state index in [1.54, 1.807) is 36.4 Å². The molecule has 0 bridgehead atoms. The van der Waals surface area contributed by atoms with Crippen LogP contribution in [0.25, 0.3) is 0 Å². The van der Waals surface area contributed by atoms with E-state index < -0.39 is 24.2 Å². The zero-order chi connectivity index (χ0) is 23.2. The summed E-state index contributed by atoms with van der Waals surface area (Å²) in [7, 11) is 0. The molecule has 1 aliphatic heterocycles. The average molecular weight is 528 g/mol. The minimum atomic E-state index is -4.57. The van der Waals surface area contributed by atoms with Crippen LogP contribution in [0, 0.1) is 13.8 Å². The van der Waals surface area contributed by atoms with E-state index in [2.05, 4.69) is 31.7 Å². The van der Waals surface area contributed by atoms with Gasteiger partial charge in [0.05, 0.1) is 6.04 Å². The molecule has 0 fully saturated rings. The van der Waals surface area contributed by atoms with E-state index >= 15 is 0 Å². The summed E-state index contributed by atoms with van der Waals surface area (Å²) in [6.45, 7) is 3.83. The number of nitrogens with zero attached hydrogens (tertiary/aromatic N) is 2. The second-order valence-corrected chi connectivity index (χ2v) is 9.04. The smallest absolute Gasteiger partial charge is 0.362 e. The Balaban J connectivity index is 1.69. The Bertz CT molecular complexity index is 1180. The highest BCUT2D eigenvalue weighted by molar-refractivity contribution is 9.10. The van der Waals surface area contributed by atoms with Crippen LogP contribution < -0.4 is 10.6 Å². The third kappa shape index (κ3) is 4.36. The van der Waals surface area contributed by atoms with Crippen molar-refractivity contribution in [2.45, 2.75) is 38.5 Å². The fourth-order valence-corrected chi connectivity index (χ4v) is 4.19. The molecule has 32 heavy (non-hydrogen) atoms. The highest BCUT2D eigenvalue weighted by Gasteiger charge is 2.47. The van der Waals surface area contributed by atoms with Crippen molar-refractivity contribution in [1.29, 1.82) is 0 Å². The molecule has 0 unspecified atom stereocenters. The molecule has 1 aromatic heterocycles. The van der Waals surface area contributed by atoms with Gasteiger partial charge in [0.25, 0.3) is 5.91 Å². The van der Waals surface area contributed by atoms with Crippen LogP contribution in [0.2, 0.25) is 5.02 Å². The summed E-state index contributed by atoms with van der Waals surface area (Å²) in [6, 6.07) is 9.76. The van der Waals surface area contributed by atoms with E-state index in [4.69, 9.17) is 11.6 Å². The standard InChI is InChI=1S/C22H19BrClF3N4O/c1-11-3-8-15(9-12(11)2)28-21(32)19-18(24)20-29-16(13-4-6-14(23)7-5-13)10-17(22(25,26)27)31(20)30-19/h3-9,16-17,29H,10H2,1-2H3,(H,28,32)/t16-,17+/m1/s1. The lowest BCUT2D eigenvalue weighted by Gasteiger charge is -2.33. The van der Waals surface area contributed by atoms with Crippen LogP contribution in [0.4, 0.5) is 24.7 Å². The van der Waals surface area contributed by atoms with Crippen LogP contribution in [-0.2, 0) is 0 Å². The Labute approximate surface area is 196 Å². The molecular formula is C22H19BrClF3N4O. The van der Waals surface area contributed by atoms with Gasteiger partial charge in [-0.05, 0) is 54.8 Å². The van der Waals surface area contributed by atoms with Gasteiger partial charge in [-0.2, -0.15) is 18.3 Å². The topological polar surface area (TPSA) is 59.0 Å². The maximum absolute atomic E-state index is 13.9. The average Bonchev–Trinajstić information content (AvgIpc) is 3.06. The molecule has 4 rings (SSSR count). The van der Waals surface area contributed by atoms with Crippen molar-refractivity contribution in [3.63, 3.8) is 0 Å². The van der Waals surface area contributed by atoms with Gasteiger partial charge in [-0.25, -0.2) is 4.68 Å². The fraction of sp³-hybridized carbons (Fsp3) is 0.273. The number of fused-ring (bicyclic) bond motifs is 1. The van der Waals surface area contributed by atoms with Gasteiger partial charge >= 0.3 is 6.18 Å². The van der Waals surface area contributed by atoms with Gasteiger partial charge in [0.15, 0.2) is 11.7 Å². The number of benzene rings is 2. The quantitative estimate of drug-likeness (QED) is 0.393. The molecule has 2 atom stereocenters. The highest BCUT2D eigenvalue weighted by Crippen LogP contribution is 2.46. The second-order valence-electron chi connectivity index (χ2n) is 7.75.